The van der Waals surface area contributed by atoms with E-state index in [1.54, 1.807) is 0 Å². The molecule has 0 radical (unpaired) electrons. The Hall–Kier alpha value is -1.14. The Kier molecular flexibility index (Phi) is 36.9. The van der Waals surface area contributed by atoms with E-state index in [0.717, 1.165) is 51.4 Å². The number of carbonyl (C=O) groups is 2. The molecule has 0 aromatic carbocycles. The van der Waals surface area contributed by atoms with E-state index in [1.165, 1.54) is 128 Å². The van der Waals surface area contributed by atoms with Gasteiger partial charge in [-0.25, -0.2) is 4.79 Å². The van der Waals surface area contributed by atoms with Crippen molar-refractivity contribution in [3.05, 3.63) is 0 Å². The summed E-state index contributed by atoms with van der Waals surface area (Å²) in [6.45, 7) is 4.49. The van der Waals surface area contributed by atoms with E-state index in [1.807, 2.05) is 0 Å². The molecule has 0 saturated carbocycles. The molecular weight excluding hydrogens is 528 g/mol. The highest BCUT2D eigenvalue weighted by atomic mass is 16.4. The first-order chi connectivity index (χ1) is 20.3. The van der Waals surface area contributed by atoms with Crippen molar-refractivity contribution in [1.82, 2.24) is 0 Å². The summed E-state index contributed by atoms with van der Waals surface area (Å²) in [7, 11) is 0. The number of carboxylic acids is 2. The van der Waals surface area contributed by atoms with Crippen molar-refractivity contribution in [2.24, 2.45) is 0 Å². The van der Waals surface area contributed by atoms with E-state index in [-0.39, 0.29) is 6.10 Å². The average molecular weight is 601 g/mol. The van der Waals surface area contributed by atoms with Crippen molar-refractivity contribution in [3.8, 4) is 0 Å². The van der Waals surface area contributed by atoms with Gasteiger partial charge in [0.2, 0.25) is 0 Å². The maximum absolute atomic E-state index is 10.4. The maximum Gasteiger partial charge on any atom is 0.332 e. The van der Waals surface area contributed by atoms with Crippen LogP contribution in [0.5, 0.6) is 0 Å². The van der Waals surface area contributed by atoms with Gasteiger partial charge in [0, 0.05) is 6.42 Å². The largest absolute Gasteiger partial charge is 0.481 e. The summed E-state index contributed by atoms with van der Waals surface area (Å²) in [4.78, 5) is 20.8. The van der Waals surface area contributed by atoms with Crippen LogP contribution in [0.15, 0.2) is 0 Å². The van der Waals surface area contributed by atoms with Gasteiger partial charge in [-0.3, -0.25) is 4.79 Å². The minimum absolute atomic E-state index is 0.108. The first kappa shape index (κ1) is 43.0. The number of carboxylic acid groups (broad SMARTS) is 2. The summed E-state index contributed by atoms with van der Waals surface area (Å²) < 4.78 is 0. The molecule has 0 saturated heterocycles. The zero-order valence-corrected chi connectivity index (χ0v) is 28.0. The van der Waals surface area contributed by atoms with Crippen LogP contribution >= 0.6 is 0 Å². The Morgan fingerprint density at radius 3 is 1.02 bits per heavy atom. The predicted octanol–water partition coefficient (Wildman–Crippen LogP) is 10.6. The Balaban J connectivity index is 0. The van der Waals surface area contributed by atoms with Gasteiger partial charge in [0.1, 0.15) is 0 Å². The highest BCUT2D eigenvalue weighted by molar-refractivity contribution is 5.71. The molecule has 0 aliphatic carbocycles. The zero-order chi connectivity index (χ0) is 31.5. The number of aliphatic carboxylic acids is 2. The summed E-state index contributed by atoms with van der Waals surface area (Å²) in [5, 5.41) is 36.1. The lowest BCUT2D eigenvalue weighted by atomic mass is 10.0. The van der Waals surface area contributed by atoms with Crippen LogP contribution in [-0.2, 0) is 9.59 Å². The van der Waals surface area contributed by atoms with Crippen LogP contribution in [0.2, 0.25) is 0 Å². The quantitative estimate of drug-likeness (QED) is 0.0571. The molecule has 2 atom stereocenters. The molecule has 0 aliphatic heterocycles. The third kappa shape index (κ3) is 38.9. The van der Waals surface area contributed by atoms with Gasteiger partial charge in [-0.2, -0.15) is 0 Å². The van der Waals surface area contributed by atoms with Crippen molar-refractivity contribution >= 4 is 11.9 Å². The Morgan fingerprint density at radius 1 is 0.429 bits per heavy atom. The van der Waals surface area contributed by atoms with Crippen molar-refractivity contribution in [2.45, 2.75) is 219 Å². The predicted molar refractivity (Wildman–Crippen MR) is 177 cm³/mol. The molecule has 0 amide bonds. The van der Waals surface area contributed by atoms with Gasteiger partial charge in [0.15, 0.2) is 6.10 Å². The second kappa shape index (κ2) is 36.1. The van der Waals surface area contributed by atoms with Crippen LogP contribution < -0.4 is 0 Å². The average Bonchev–Trinajstić information content (AvgIpc) is 2.96. The van der Waals surface area contributed by atoms with Gasteiger partial charge in [0.05, 0.1) is 6.10 Å². The van der Waals surface area contributed by atoms with E-state index >= 15 is 0 Å². The number of aliphatic hydroxyl groups is 2. The fourth-order valence-corrected chi connectivity index (χ4v) is 5.32. The first-order valence-electron chi connectivity index (χ1n) is 18.2. The van der Waals surface area contributed by atoms with Crippen molar-refractivity contribution in [1.29, 1.82) is 0 Å². The standard InChI is InChI=1S/2C18H36O3/c1-2-3-4-5-8-11-14-17(19)15-12-9-6-7-10-13-16-18(20)21;1-2-3-4-5-6-7-8-9-10-11-12-13-14-15-16-17(19)18(20)21/h2*17,19H,2-16H2,1H3,(H,20,21). The van der Waals surface area contributed by atoms with Gasteiger partial charge in [-0.05, 0) is 25.7 Å². The molecule has 6 heteroatoms. The van der Waals surface area contributed by atoms with Crippen molar-refractivity contribution < 1.29 is 30.0 Å². The molecule has 0 bridgehead atoms. The monoisotopic (exact) mass is 601 g/mol. The minimum Gasteiger partial charge on any atom is -0.481 e. The van der Waals surface area contributed by atoms with Crippen LogP contribution in [0, 0.1) is 0 Å². The smallest absolute Gasteiger partial charge is 0.332 e. The van der Waals surface area contributed by atoms with Gasteiger partial charge >= 0.3 is 11.9 Å². The number of aliphatic hydroxyl groups excluding tert-OH is 2. The molecule has 0 heterocycles. The molecule has 0 spiro atoms. The molecule has 0 aromatic rings. The topological polar surface area (TPSA) is 115 Å². The molecule has 4 N–H and O–H groups in total. The van der Waals surface area contributed by atoms with Crippen LogP contribution in [0.3, 0.4) is 0 Å². The van der Waals surface area contributed by atoms with Crippen LogP contribution in [0.1, 0.15) is 206 Å². The molecule has 0 aliphatic rings. The normalized spacial score (nSPS) is 12.5. The Bertz CT molecular complexity index is 553. The molecule has 2 unspecified atom stereocenters. The number of hydrogen-bond acceptors (Lipinski definition) is 4. The molecule has 252 valence electrons. The summed E-state index contributed by atoms with van der Waals surface area (Å²) in [6.07, 6.45) is 33.5. The molecular formula is C36H72O6. The van der Waals surface area contributed by atoms with E-state index in [9.17, 15) is 14.7 Å². The second-order valence-corrected chi connectivity index (χ2v) is 12.5. The van der Waals surface area contributed by atoms with E-state index in [4.69, 9.17) is 15.3 Å². The van der Waals surface area contributed by atoms with Crippen molar-refractivity contribution in [2.75, 3.05) is 0 Å². The second-order valence-electron chi connectivity index (χ2n) is 12.5. The molecule has 0 rings (SSSR count). The van der Waals surface area contributed by atoms with Crippen LogP contribution in [-0.4, -0.2) is 44.6 Å². The fraction of sp³-hybridized carbons (Fsp3) is 0.944. The molecule has 0 aromatic heterocycles. The van der Waals surface area contributed by atoms with Crippen molar-refractivity contribution in [3.63, 3.8) is 0 Å². The fourth-order valence-electron chi connectivity index (χ4n) is 5.32. The maximum atomic E-state index is 10.4. The summed E-state index contributed by atoms with van der Waals surface area (Å²) in [5.74, 6) is -1.78. The summed E-state index contributed by atoms with van der Waals surface area (Å²) >= 11 is 0. The number of unbranched alkanes of at least 4 members (excludes halogenated alkanes) is 23. The SMILES string of the molecule is CCCCCCCCC(O)CCCCCCCCC(=O)O.CCCCCCCCCCCCCCCCC(O)C(=O)O. The third-order valence-electron chi connectivity index (χ3n) is 8.19. The molecule has 42 heavy (non-hydrogen) atoms. The van der Waals surface area contributed by atoms with Gasteiger partial charge in [-0.15, -0.1) is 0 Å². The van der Waals surface area contributed by atoms with E-state index in [0.29, 0.717) is 12.8 Å². The lowest BCUT2D eigenvalue weighted by molar-refractivity contribution is -0.147. The lowest BCUT2D eigenvalue weighted by Crippen LogP contribution is -2.18. The zero-order valence-electron chi connectivity index (χ0n) is 28.0. The summed E-state index contributed by atoms with van der Waals surface area (Å²) in [6, 6.07) is 0. The Labute approximate surface area is 260 Å². The van der Waals surface area contributed by atoms with Crippen LogP contribution in [0.4, 0.5) is 0 Å². The van der Waals surface area contributed by atoms with Gasteiger partial charge < -0.3 is 20.4 Å². The van der Waals surface area contributed by atoms with E-state index < -0.39 is 18.0 Å². The highest BCUT2D eigenvalue weighted by Gasteiger charge is 2.11. The van der Waals surface area contributed by atoms with Gasteiger partial charge in [0.25, 0.3) is 0 Å². The first-order valence-corrected chi connectivity index (χ1v) is 18.2. The highest BCUT2D eigenvalue weighted by Crippen LogP contribution is 2.15. The number of rotatable bonds is 32. The third-order valence-corrected chi connectivity index (χ3v) is 8.19. The molecule has 0 fully saturated rings. The lowest BCUT2D eigenvalue weighted by Gasteiger charge is -2.10. The number of hydrogen-bond donors (Lipinski definition) is 4. The van der Waals surface area contributed by atoms with E-state index in [2.05, 4.69) is 13.8 Å². The minimum atomic E-state index is -1.16. The van der Waals surface area contributed by atoms with Crippen LogP contribution in [0.25, 0.3) is 0 Å². The molecule has 6 nitrogen and oxygen atoms in total. The van der Waals surface area contributed by atoms with Gasteiger partial charge in [-0.1, -0.05) is 174 Å². The summed E-state index contributed by atoms with van der Waals surface area (Å²) in [5.41, 5.74) is 0. The Morgan fingerprint density at radius 2 is 0.714 bits per heavy atom.